The van der Waals surface area contributed by atoms with Gasteiger partial charge in [0.05, 0.1) is 11.7 Å². The number of fused-ring (bicyclic) bond motifs is 1. The lowest BCUT2D eigenvalue weighted by atomic mass is 10.0. The minimum absolute atomic E-state index is 0.202. The van der Waals surface area contributed by atoms with E-state index in [1.807, 2.05) is 69.3 Å². The maximum Gasteiger partial charge on any atom is 0.263 e. The number of aryl methyl sites for hydroxylation is 3. The Kier molecular flexibility index (Phi) is 5.26. The fraction of sp³-hybridized carbons (Fsp3) is 0.208. The van der Waals surface area contributed by atoms with Gasteiger partial charge in [0.15, 0.2) is 0 Å². The highest BCUT2D eigenvalue weighted by Crippen LogP contribution is 2.35. The first-order chi connectivity index (χ1) is 14.4. The summed E-state index contributed by atoms with van der Waals surface area (Å²) in [6.07, 6.45) is 1.47. The highest BCUT2D eigenvalue weighted by molar-refractivity contribution is 7.19. The minimum Gasteiger partial charge on any atom is -0.324 e. The lowest BCUT2D eigenvalue weighted by molar-refractivity contribution is -0.118. The third kappa shape index (κ3) is 3.55. The number of rotatable bonds is 4. The van der Waals surface area contributed by atoms with Gasteiger partial charge >= 0.3 is 0 Å². The fourth-order valence-electron chi connectivity index (χ4n) is 3.66. The van der Waals surface area contributed by atoms with Crippen molar-refractivity contribution in [2.45, 2.75) is 33.7 Å². The molecule has 2 aromatic heterocycles. The van der Waals surface area contributed by atoms with Gasteiger partial charge in [-0.05, 0) is 44.9 Å². The number of thiophene rings is 1. The van der Waals surface area contributed by atoms with Crippen molar-refractivity contribution in [1.82, 2.24) is 9.55 Å². The molecule has 0 aliphatic rings. The number of nitrogens with one attached hydrogen (secondary N) is 1. The lowest BCUT2D eigenvalue weighted by Crippen LogP contribution is -2.31. The molecule has 0 bridgehead atoms. The largest absolute Gasteiger partial charge is 0.324 e. The Hall–Kier alpha value is -3.25. The molecule has 6 heteroatoms. The van der Waals surface area contributed by atoms with Crippen molar-refractivity contribution in [2.24, 2.45) is 0 Å². The van der Waals surface area contributed by atoms with Gasteiger partial charge in [0.2, 0.25) is 5.91 Å². The summed E-state index contributed by atoms with van der Waals surface area (Å²) in [7, 11) is 0. The van der Waals surface area contributed by atoms with Gasteiger partial charge in [-0.3, -0.25) is 14.2 Å². The highest BCUT2D eigenvalue weighted by Gasteiger charge is 2.22. The number of amides is 1. The maximum absolute atomic E-state index is 13.4. The van der Waals surface area contributed by atoms with E-state index in [1.165, 1.54) is 22.2 Å². The summed E-state index contributed by atoms with van der Waals surface area (Å²) >= 11 is 1.50. The summed E-state index contributed by atoms with van der Waals surface area (Å²) in [5.74, 6) is -0.251. The van der Waals surface area contributed by atoms with E-state index in [-0.39, 0.29) is 11.5 Å². The van der Waals surface area contributed by atoms with Crippen molar-refractivity contribution >= 4 is 33.1 Å². The zero-order chi connectivity index (χ0) is 21.4. The molecule has 1 amide bonds. The van der Waals surface area contributed by atoms with Crippen molar-refractivity contribution in [1.29, 1.82) is 0 Å². The van der Waals surface area contributed by atoms with E-state index in [0.717, 1.165) is 32.8 Å². The quantitative estimate of drug-likeness (QED) is 0.493. The number of hydrogen-bond acceptors (Lipinski definition) is 4. The number of hydrogen-bond donors (Lipinski definition) is 1. The van der Waals surface area contributed by atoms with Gasteiger partial charge in [-0.2, -0.15) is 0 Å². The van der Waals surface area contributed by atoms with Crippen LogP contribution in [0.25, 0.3) is 21.3 Å². The van der Waals surface area contributed by atoms with Crippen molar-refractivity contribution in [2.75, 3.05) is 5.32 Å². The summed E-state index contributed by atoms with van der Waals surface area (Å²) in [6, 6.07) is 15.0. The van der Waals surface area contributed by atoms with Gasteiger partial charge in [0.25, 0.3) is 5.56 Å². The Morgan fingerprint density at radius 2 is 1.83 bits per heavy atom. The second-order valence-electron chi connectivity index (χ2n) is 7.52. The molecule has 5 nitrogen and oxygen atoms in total. The lowest BCUT2D eigenvalue weighted by Gasteiger charge is -2.16. The van der Waals surface area contributed by atoms with E-state index in [1.54, 1.807) is 6.92 Å². The Bertz CT molecular complexity index is 1310. The predicted octanol–water partition coefficient (Wildman–Crippen LogP) is 5.25. The molecular weight excluding hydrogens is 394 g/mol. The van der Waals surface area contributed by atoms with Gasteiger partial charge in [-0.1, -0.05) is 48.0 Å². The molecule has 4 aromatic rings. The molecule has 2 heterocycles. The zero-order valence-electron chi connectivity index (χ0n) is 17.4. The number of carbonyl (C=O) groups excluding carboxylic acids is 1. The fourth-order valence-corrected chi connectivity index (χ4v) is 4.66. The van der Waals surface area contributed by atoms with Crippen LogP contribution in [0.3, 0.4) is 0 Å². The van der Waals surface area contributed by atoms with Crippen molar-refractivity contribution in [3.63, 3.8) is 0 Å². The molecule has 2 aromatic carbocycles. The van der Waals surface area contributed by atoms with Gasteiger partial charge < -0.3 is 5.32 Å². The third-order valence-corrected chi connectivity index (χ3v) is 6.33. The number of anilines is 1. The second kappa shape index (κ2) is 7.88. The molecule has 1 atom stereocenters. The SMILES string of the molecule is Cc1ccc(NC(=O)C(C)n2cnc3sc(C)c(-c4ccccc4)c3c2=O)c(C)c1. The van der Waals surface area contributed by atoms with Crippen molar-refractivity contribution in [3.8, 4) is 11.1 Å². The van der Waals surface area contributed by atoms with E-state index < -0.39 is 6.04 Å². The molecule has 0 radical (unpaired) electrons. The van der Waals surface area contributed by atoms with Gasteiger partial charge in [-0.15, -0.1) is 11.3 Å². The summed E-state index contributed by atoms with van der Waals surface area (Å²) < 4.78 is 1.42. The average Bonchev–Trinajstić information content (AvgIpc) is 3.07. The Morgan fingerprint density at radius 1 is 1.10 bits per heavy atom. The number of carbonyl (C=O) groups is 1. The number of aromatic nitrogens is 2. The number of benzene rings is 2. The molecule has 0 aliphatic carbocycles. The summed E-state index contributed by atoms with van der Waals surface area (Å²) in [6.45, 7) is 7.67. The predicted molar refractivity (Wildman–Crippen MR) is 123 cm³/mol. The van der Waals surface area contributed by atoms with Crippen LogP contribution in [0.2, 0.25) is 0 Å². The molecule has 1 N–H and O–H groups in total. The van der Waals surface area contributed by atoms with E-state index in [2.05, 4.69) is 10.3 Å². The molecule has 0 fully saturated rings. The van der Waals surface area contributed by atoms with E-state index in [4.69, 9.17) is 0 Å². The van der Waals surface area contributed by atoms with Crippen LogP contribution in [0.4, 0.5) is 5.69 Å². The standard InChI is InChI=1S/C24H23N3O2S/c1-14-10-11-19(15(2)12-14)26-22(28)16(3)27-13-25-23-21(24(27)29)20(17(4)30-23)18-8-6-5-7-9-18/h5-13,16H,1-4H3,(H,26,28). The van der Waals surface area contributed by atoms with Crippen LogP contribution in [-0.2, 0) is 4.79 Å². The van der Waals surface area contributed by atoms with Crippen LogP contribution in [0.1, 0.15) is 29.0 Å². The molecule has 1 unspecified atom stereocenters. The molecule has 0 saturated carbocycles. The average molecular weight is 418 g/mol. The normalized spacial score (nSPS) is 12.1. The van der Waals surface area contributed by atoms with Gasteiger partial charge in [-0.25, -0.2) is 4.98 Å². The van der Waals surface area contributed by atoms with Crippen LogP contribution >= 0.6 is 11.3 Å². The second-order valence-corrected chi connectivity index (χ2v) is 8.72. The topological polar surface area (TPSA) is 64.0 Å². The first kappa shape index (κ1) is 20.0. The van der Waals surface area contributed by atoms with Crippen LogP contribution in [0.5, 0.6) is 0 Å². The van der Waals surface area contributed by atoms with E-state index >= 15 is 0 Å². The maximum atomic E-state index is 13.4. The van der Waals surface area contributed by atoms with Crippen LogP contribution in [0, 0.1) is 20.8 Å². The van der Waals surface area contributed by atoms with E-state index in [9.17, 15) is 9.59 Å². The van der Waals surface area contributed by atoms with Gasteiger partial charge in [0, 0.05) is 16.1 Å². The van der Waals surface area contributed by atoms with Gasteiger partial charge in [0.1, 0.15) is 10.9 Å². The molecule has 152 valence electrons. The van der Waals surface area contributed by atoms with Crippen LogP contribution in [-0.4, -0.2) is 15.5 Å². The summed E-state index contributed by atoms with van der Waals surface area (Å²) in [5.41, 5.74) is 4.53. The molecule has 0 spiro atoms. The third-order valence-electron chi connectivity index (χ3n) is 5.31. The monoisotopic (exact) mass is 417 g/mol. The van der Waals surface area contributed by atoms with Crippen LogP contribution in [0.15, 0.2) is 59.7 Å². The Morgan fingerprint density at radius 3 is 2.53 bits per heavy atom. The molecule has 0 saturated heterocycles. The molecule has 4 rings (SSSR count). The summed E-state index contributed by atoms with van der Waals surface area (Å²) in [4.78, 5) is 32.5. The zero-order valence-corrected chi connectivity index (χ0v) is 18.2. The Balaban J connectivity index is 1.75. The first-order valence-corrected chi connectivity index (χ1v) is 10.6. The molecule has 30 heavy (non-hydrogen) atoms. The van der Waals surface area contributed by atoms with Crippen LogP contribution < -0.4 is 10.9 Å². The highest BCUT2D eigenvalue weighted by atomic mass is 32.1. The number of nitrogens with zero attached hydrogens (tertiary/aromatic N) is 2. The minimum atomic E-state index is -0.695. The smallest absolute Gasteiger partial charge is 0.263 e. The van der Waals surface area contributed by atoms with Crippen molar-refractivity contribution in [3.05, 3.63) is 81.2 Å². The van der Waals surface area contributed by atoms with E-state index in [0.29, 0.717) is 10.2 Å². The first-order valence-electron chi connectivity index (χ1n) is 9.80. The molecular formula is C24H23N3O2S. The van der Waals surface area contributed by atoms with Crippen molar-refractivity contribution < 1.29 is 4.79 Å². The molecule has 0 aliphatic heterocycles. The Labute approximate surface area is 179 Å². The summed E-state index contributed by atoms with van der Waals surface area (Å²) in [5, 5.41) is 3.51.